The van der Waals surface area contributed by atoms with Crippen molar-refractivity contribution in [1.82, 2.24) is 0 Å². The Hall–Kier alpha value is -1.78. The van der Waals surface area contributed by atoms with Crippen LogP contribution in [-0.2, 0) is 19.7 Å². The Labute approximate surface area is 124 Å². The van der Waals surface area contributed by atoms with Gasteiger partial charge in [-0.25, -0.2) is 16.8 Å². The van der Waals surface area contributed by atoms with Gasteiger partial charge in [0.2, 0.25) is 14.0 Å². The lowest BCUT2D eigenvalue weighted by atomic mass is 10.4. The van der Waals surface area contributed by atoms with E-state index in [1.807, 2.05) is 0 Å². The largest absolute Gasteiger partial charge is 0.300 e. The second-order valence-electron chi connectivity index (χ2n) is 4.08. The van der Waals surface area contributed by atoms with Gasteiger partial charge in [-0.15, -0.1) is 11.3 Å². The summed E-state index contributed by atoms with van der Waals surface area (Å²) >= 11 is 0.379. The van der Waals surface area contributed by atoms with Crippen LogP contribution < -0.4 is 0 Å². The Kier molecular flexibility index (Phi) is 3.87. The van der Waals surface area contributed by atoms with Crippen molar-refractivity contribution in [2.45, 2.75) is 13.3 Å². The highest BCUT2D eigenvalue weighted by Crippen LogP contribution is 2.38. The van der Waals surface area contributed by atoms with Gasteiger partial charge >= 0.3 is 5.69 Å². The molecule has 0 amide bonds. The van der Waals surface area contributed by atoms with Gasteiger partial charge in [0.15, 0.2) is 9.84 Å². The lowest BCUT2D eigenvalue weighted by Crippen LogP contribution is -2.02. The lowest BCUT2D eigenvalue weighted by molar-refractivity contribution is -0.387. The minimum Gasteiger partial charge on any atom is -0.258 e. The highest BCUT2D eigenvalue weighted by molar-refractivity contribution is 7.95. The first-order valence-electron chi connectivity index (χ1n) is 5.42. The molecular formula is C11H9NO6S3. The summed E-state index contributed by atoms with van der Waals surface area (Å²) in [7, 11) is -7.87. The predicted octanol–water partition coefficient (Wildman–Crippen LogP) is 1.89. The monoisotopic (exact) mass is 347 g/mol. The normalized spacial score (nSPS) is 12.2. The third-order valence-corrected chi connectivity index (χ3v) is 7.74. The summed E-state index contributed by atoms with van der Waals surface area (Å²) in [6.07, 6.45) is 0.863. The van der Waals surface area contributed by atoms with Crippen LogP contribution in [0.5, 0.6) is 0 Å². The average molecular weight is 347 g/mol. The van der Waals surface area contributed by atoms with Gasteiger partial charge < -0.3 is 0 Å². The molecule has 10 heteroatoms. The average Bonchev–Trinajstić information content (AvgIpc) is 2.85. The van der Waals surface area contributed by atoms with E-state index in [2.05, 4.69) is 0 Å². The fraction of sp³-hybridized carbons (Fsp3) is 0.0909. The maximum Gasteiger partial charge on any atom is 0.300 e. The van der Waals surface area contributed by atoms with Crippen molar-refractivity contribution in [3.05, 3.63) is 46.5 Å². The second-order valence-corrected chi connectivity index (χ2v) is 9.52. The number of nitrogens with zero attached hydrogens (tertiary/aromatic N) is 1. The molecule has 0 spiro atoms. The van der Waals surface area contributed by atoms with Crippen LogP contribution >= 0.6 is 11.3 Å². The fourth-order valence-corrected chi connectivity index (χ4v) is 5.62. The van der Waals surface area contributed by atoms with Crippen molar-refractivity contribution in [3.63, 3.8) is 0 Å². The molecule has 0 bridgehead atoms. The van der Waals surface area contributed by atoms with Crippen molar-refractivity contribution in [3.8, 4) is 0 Å². The molecule has 112 valence electrons. The summed E-state index contributed by atoms with van der Waals surface area (Å²) in [5.41, 5.74) is -0.732. The second kappa shape index (κ2) is 5.20. The molecular weight excluding hydrogens is 338 g/mol. The molecule has 2 rings (SSSR count). The van der Waals surface area contributed by atoms with Crippen molar-refractivity contribution >= 4 is 36.7 Å². The van der Waals surface area contributed by atoms with Crippen LogP contribution in [0.15, 0.2) is 49.7 Å². The summed E-state index contributed by atoms with van der Waals surface area (Å²) < 4.78 is 46.8. The van der Waals surface area contributed by atoms with Gasteiger partial charge in [0.1, 0.15) is 4.21 Å². The van der Waals surface area contributed by atoms with Crippen molar-refractivity contribution < 1.29 is 21.8 Å². The SMILES string of the molecule is CS(=O)(=O)c1cc([N+](=O)[O-])c(S(=O)(=O)c2ccccc2)s1. The highest BCUT2D eigenvalue weighted by atomic mass is 32.3. The maximum absolute atomic E-state index is 12.4. The van der Waals surface area contributed by atoms with Crippen molar-refractivity contribution in [2.24, 2.45) is 0 Å². The van der Waals surface area contributed by atoms with E-state index in [9.17, 15) is 26.9 Å². The van der Waals surface area contributed by atoms with E-state index in [0.29, 0.717) is 11.3 Å². The fourth-order valence-electron chi connectivity index (χ4n) is 1.55. The van der Waals surface area contributed by atoms with Gasteiger partial charge in [0.05, 0.1) is 9.82 Å². The zero-order chi connectivity index (χ0) is 15.8. The molecule has 0 saturated heterocycles. The van der Waals surface area contributed by atoms with E-state index in [-0.39, 0.29) is 9.10 Å². The maximum atomic E-state index is 12.4. The molecule has 1 heterocycles. The van der Waals surface area contributed by atoms with Crippen LogP contribution in [0.25, 0.3) is 0 Å². The molecule has 0 N–H and O–H groups in total. The van der Waals surface area contributed by atoms with Gasteiger partial charge in [-0.05, 0) is 12.1 Å². The van der Waals surface area contributed by atoms with E-state index < -0.39 is 34.5 Å². The summed E-state index contributed by atoms with van der Waals surface area (Å²) in [6.45, 7) is 0. The van der Waals surface area contributed by atoms with Gasteiger partial charge in [-0.3, -0.25) is 10.1 Å². The van der Waals surface area contributed by atoms with E-state index >= 15 is 0 Å². The molecule has 1 aromatic carbocycles. The first-order chi connectivity index (χ1) is 9.64. The smallest absolute Gasteiger partial charge is 0.258 e. The third-order valence-electron chi connectivity index (χ3n) is 2.52. The molecule has 21 heavy (non-hydrogen) atoms. The molecule has 0 aliphatic heterocycles. The van der Waals surface area contributed by atoms with Gasteiger partial charge in [-0.2, -0.15) is 0 Å². The zero-order valence-electron chi connectivity index (χ0n) is 10.6. The first kappa shape index (κ1) is 15.6. The van der Waals surface area contributed by atoms with Gasteiger partial charge in [0.25, 0.3) is 0 Å². The number of rotatable bonds is 4. The van der Waals surface area contributed by atoms with E-state index in [1.165, 1.54) is 24.3 Å². The van der Waals surface area contributed by atoms with Crippen LogP contribution in [0, 0.1) is 10.1 Å². The number of hydrogen-bond acceptors (Lipinski definition) is 7. The number of nitro groups is 1. The Morgan fingerprint density at radius 2 is 1.67 bits per heavy atom. The Morgan fingerprint density at radius 1 is 1.10 bits per heavy atom. The Bertz CT molecular complexity index is 897. The predicted molar refractivity (Wildman–Crippen MR) is 76.0 cm³/mol. The molecule has 0 fully saturated rings. The summed E-state index contributed by atoms with van der Waals surface area (Å²) in [4.78, 5) is 9.96. The summed E-state index contributed by atoms with van der Waals surface area (Å²) in [5.74, 6) is 0. The zero-order valence-corrected chi connectivity index (χ0v) is 13.0. The van der Waals surface area contributed by atoms with E-state index in [1.54, 1.807) is 6.07 Å². The molecule has 0 saturated carbocycles. The number of benzene rings is 1. The number of sulfone groups is 2. The molecule has 0 aliphatic carbocycles. The molecule has 1 aromatic heterocycles. The Balaban J connectivity index is 2.75. The van der Waals surface area contributed by atoms with Gasteiger partial charge in [-0.1, -0.05) is 18.2 Å². The van der Waals surface area contributed by atoms with Crippen LogP contribution in [-0.4, -0.2) is 28.0 Å². The van der Waals surface area contributed by atoms with Crippen LogP contribution in [0.4, 0.5) is 5.69 Å². The molecule has 0 atom stereocenters. The molecule has 0 radical (unpaired) electrons. The van der Waals surface area contributed by atoms with E-state index in [0.717, 1.165) is 12.3 Å². The number of hydrogen-bond donors (Lipinski definition) is 0. The van der Waals surface area contributed by atoms with E-state index in [4.69, 9.17) is 0 Å². The standard InChI is InChI=1S/C11H9NO6S3/c1-20(15,16)10-7-9(12(13)14)11(19-10)21(17,18)8-5-3-2-4-6-8/h2-7H,1H3. The van der Waals surface area contributed by atoms with Crippen LogP contribution in [0.2, 0.25) is 0 Å². The lowest BCUT2D eigenvalue weighted by Gasteiger charge is -2.00. The Morgan fingerprint density at radius 3 is 2.14 bits per heavy atom. The minimum absolute atomic E-state index is 0.130. The molecule has 2 aromatic rings. The minimum atomic E-state index is -4.14. The summed E-state index contributed by atoms with van der Waals surface area (Å²) in [5, 5.41) is 11.0. The third kappa shape index (κ3) is 2.96. The van der Waals surface area contributed by atoms with Crippen molar-refractivity contribution in [1.29, 1.82) is 0 Å². The topological polar surface area (TPSA) is 111 Å². The first-order valence-corrected chi connectivity index (χ1v) is 9.61. The van der Waals surface area contributed by atoms with Crippen molar-refractivity contribution in [2.75, 3.05) is 6.26 Å². The van der Waals surface area contributed by atoms with Gasteiger partial charge in [0, 0.05) is 12.3 Å². The van der Waals surface area contributed by atoms with Crippen LogP contribution in [0.3, 0.4) is 0 Å². The summed E-state index contributed by atoms with van der Waals surface area (Å²) in [6, 6.07) is 7.91. The quantitative estimate of drug-likeness (QED) is 0.617. The highest BCUT2D eigenvalue weighted by Gasteiger charge is 2.33. The molecule has 7 nitrogen and oxygen atoms in total. The number of thiophene rings is 1. The molecule has 0 aliphatic rings. The molecule has 0 unspecified atom stereocenters. The van der Waals surface area contributed by atoms with Crippen LogP contribution in [0.1, 0.15) is 0 Å².